The average molecular weight is 168 g/mol. The molecule has 1 atom stereocenters. The van der Waals surface area contributed by atoms with Crippen molar-refractivity contribution in [1.82, 2.24) is 0 Å². The standard InChI is InChI=1S/C12H24/c1-5-8-12(6-2)10-7-9-11(3)4/h7,10-12H,5-6,8-9H2,1-4H3. The fourth-order valence-electron chi connectivity index (χ4n) is 1.35. The lowest BCUT2D eigenvalue weighted by Gasteiger charge is -2.07. The molecule has 0 aliphatic carbocycles. The lowest BCUT2D eigenvalue weighted by molar-refractivity contribution is 0.558. The predicted octanol–water partition coefficient (Wildman–Crippen LogP) is 4.42. The molecule has 0 aromatic heterocycles. The molecule has 0 N–H and O–H groups in total. The van der Waals surface area contributed by atoms with Gasteiger partial charge < -0.3 is 0 Å². The average Bonchev–Trinajstić information content (AvgIpc) is 2.02. The second kappa shape index (κ2) is 7.39. The van der Waals surface area contributed by atoms with Crippen molar-refractivity contribution >= 4 is 0 Å². The van der Waals surface area contributed by atoms with Crippen LogP contribution in [0.25, 0.3) is 0 Å². The van der Waals surface area contributed by atoms with Crippen LogP contribution in [-0.4, -0.2) is 0 Å². The van der Waals surface area contributed by atoms with Gasteiger partial charge in [0.15, 0.2) is 0 Å². The Hall–Kier alpha value is -0.260. The normalized spacial score (nSPS) is 14.4. The zero-order valence-electron chi connectivity index (χ0n) is 9.14. The first-order valence-electron chi connectivity index (χ1n) is 5.37. The SMILES string of the molecule is CCCC(C=CCC(C)C)CC. The van der Waals surface area contributed by atoms with E-state index in [0.29, 0.717) is 0 Å². The van der Waals surface area contributed by atoms with Crippen LogP contribution in [-0.2, 0) is 0 Å². The summed E-state index contributed by atoms with van der Waals surface area (Å²) >= 11 is 0. The summed E-state index contributed by atoms with van der Waals surface area (Å²) in [7, 11) is 0. The second-order valence-electron chi connectivity index (χ2n) is 4.01. The van der Waals surface area contributed by atoms with Gasteiger partial charge in [0, 0.05) is 0 Å². The first kappa shape index (κ1) is 11.7. The smallest absolute Gasteiger partial charge is 0.0236 e. The molecule has 0 fully saturated rings. The minimum atomic E-state index is 0.806. The van der Waals surface area contributed by atoms with Gasteiger partial charge in [-0.2, -0.15) is 0 Å². The maximum Gasteiger partial charge on any atom is -0.0236 e. The molecule has 0 spiro atoms. The Morgan fingerprint density at radius 3 is 2.25 bits per heavy atom. The largest absolute Gasteiger partial charge is 0.0880 e. The summed E-state index contributed by atoms with van der Waals surface area (Å²) in [5.74, 6) is 1.63. The van der Waals surface area contributed by atoms with E-state index >= 15 is 0 Å². The lowest BCUT2D eigenvalue weighted by atomic mass is 9.99. The van der Waals surface area contributed by atoms with Crippen LogP contribution in [0.2, 0.25) is 0 Å². The fourth-order valence-corrected chi connectivity index (χ4v) is 1.35. The Morgan fingerprint density at radius 1 is 1.17 bits per heavy atom. The maximum atomic E-state index is 2.41. The number of hydrogen-bond donors (Lipinski definition) is 0. The van der Waals surface area contributed by atoms with E-state index < -0.39 is 0 Å². The molecule has 0 nitrogen and oxygen atoms in total. The summed E-state index contributed by atoms with van der Waals surface area (Å²) in [5.41, 5.74) is 0. The Balaban J connectivity index is 3.60. The third-order valence-electron chi connectivity index (χ3n) is 2.20. The quantitative estimate of drug-likeness (QED) is 0.515. The second-order valence-corrected chi connectivity index (χ2v) is 4.01. The van der Waals surface area contributed by atoms with Crippen LogP contribution in [0.15, 0.2) is 12.2 Å². The van der Waals surface area contributed by atoms with Gasteiger partial charge in [-0.25, -0.2) is 0 Å². The monoisotopic (exact) mass is 168 g/mol. The summed E-state index contributed by atoms with van der Waals surface area (Å²) in [6.07, 6.45) is 9.95. The first-order chi connectivity index (χ1) is 5.70. The van der Waals surface area contributed by atoms with Gasteiger partial charge in [-0.15, -0.1) is 0 Å². The molecule has 0 radical (unpaired) electrons. The third kappa shape index (κ3) is 6.45. The molecule has 12 heavy (non-hydrogen) atoms. The molecule has 0 saturated carbocycles. The van der Waals surface area contributed by atoms with Gasteiger partial charge in [-0.05, 0) is 31.1 Å². The highest BCUT2D eigenvalue weighted by Gasteiger charge is 1.98. The van der Waals surface area contributed by atoms with Crippen molar-refractivity contribution in [2.45, 2.75) is 53.4 Å². The van der Waals surface area contributed by atoms with Crippen molar-refractivity contribution in [2.24, 2.45) is 11.8 Å². The zero-order valence-corrected chi connectivity index (χ0v) is 9.14. The third-order valence-corrected chi connectivity index (χ3v) is 2.20. The zero-order chi connectivity index (χ0) is 9.40. The van der Waals surface area contributed by atoms with E-state index in [1.165, 1.54) is 25.7 Å². The molecule has 0 aromatic carbocycles. The number of rotatable bonds is 6. The highest BCUT2D eigenvalue weighted by atomic mass is 14.0. The van der Waals surface area contributed by atoms with Crippen LogP contribution in [0.3, 0.4) is 0 Å². The summed E-state index contributed by atoms with van der Waals surface area (Å²) in [5, 5.41) is 0. The van der Waals surface area contributed by atoms with Gasteiger partial charge in [0.1, 0.15) is 0 Å². The topological polar surface area (TPSA) is 0 Å². The summed E-state index contributed by atoms with van der Waals surface area (Å²) in [6, 6.07) is 0. The summed E-state index contributed by atoms with van der Waals surface area (Å²) in [6.45, 7) is 9.08. The van der Waals surface area contributed by atoms with E-state index in [-0.39, 0.29) is 0 Å². The van der Waals surface area contributed by atoms with Gasteiger partial charge in [-0.3, -0.25) is 0 Å². The molecular formula is C12H24. The first-order valence-corrected chi connectivity index (χ1v) is 5.37. The Labute approximate surface area is 78.1 Å². The number of allylic oxidation sites excluding steroid dienone is 2. The maximum absolute atomic E-state index is 2.41. The van der Waals surface area contributed by atoms with E-state index in [4.69, 9.17) is 0 Å². The highest BCUT2D eigenvalue weighted by Crippen LogP contribution is 2.13. The Kier molecular flexibility index (Phi) is 7.23. The molecule has 0 aliphatic heterocycles. The molecule has 0 amide bonds. The van der Waals surface area contributed by atoms with Crippen molar-refractivity contribution < 1.29 is 0 Å². The van der Waals surface area contributed by atoms with Gasteiger partial charge in [0.25, 0.3) is 0 Å². The molecule has 72 valence electrons. The van der Waals surface area contributed by atoms with Gasteiger partial charge in [0.2, 0.25) is 0 Å². The fraction of sp³-hybridized carbons (Fsp3) is 0.833. The van der Waals surface area contributed by atoms with Crippen LogP contribution in [0.5, 0.6) is 0 Å². The van der Waals surface area contributed by atoms with E-state index in [9.17, 15) is 0 Å². The van der Waals surface area contributed by atoms with E-state index in [0.717, 1.165) is 11.8 Å². The molecule has 0 heterocycles. The molecule has 0 bridgehead atoms. The minimum Gasteiger partial charge on any atom is -0.0880 e. The van der Waals surface area contributed by atoms with Gasteiger partial charge >= 0.3 is 0 Å². The summed E-state index contributed by atoms with van der Waals surface area (Å²) < 4.78 is 0. The van der Waals surface area contributed by atoms with E-state index in [2.05, 4.69) is 39.8 Å². The summed E-state index contributed by atoms with van der Waals surface area (Å²) in [4.78, 5) is 0. The van der Waals surface area contributed by atoms with Crippen LogP contribution >= 0.6 is 0 Å². The molecule has 0 aromatic rings. The van der Waals surface area contributed by atoms with Crippen LogP contribution in [0.4, 0.5) is 0 Å². The van der Waals surface area contributed by atoms with Gasteiger partial charge in [-0.1, -0.05) is 46.3 Å². The Bertz CT molecular complexity index is 111. The van der Waals surface area contributed by atoms with Crippen LogP contribution in [0, 0.1) is 11.8 Å². The van der Waals surface area contributed by atoms with Crippen molar-refractivity contribution in [2.75, 3.05) is 0 Å². The predicted molar refractivity (Wildman–Crippen MR) is 57.3 cm³/mol. The van der Waals surface area contributed by atoms with Crippen LogP contribution < -0.4 is 0 Å². The van der Waals surface area contributed by atoms with Crippen LogP contribution in [0.1, 0.15) is 53.4 Å². The molecule has 0 heteroatoms. The minimum absolute atomic E-state index is 0.806. The number of hydrogen-bond acceptors (Lipinski definition) is 0. The molecule has 0 aliphatic rings. The Morgan fingerprint density at radius 2 is 1.83 bits per heavy atom. The van der Waals surface area contributed by atoms with E-state index in [1.54, 1.807) is 0 Å². The van der Waals surface area contributed by atoms with Crippen molar-refractivity contribution in [3.63, 3.8) is 0 Å². The van der Waals surface area contributed by atoms with E-state index in [1.807, 2.05) is 0 Å². The van der Waals surface area contributed by atoms with Crippen molar-refractivity contribution in [3.05, 3.63) is 12.2 Å². The molecule has 0 rings (SSSR count). The van der Waals surface area contributed by atoms with Gasteiger partial charge in [0.05, 0.1) is 0 Å². The van der Waals surface area contributed by atoms with Crippen molar-refractivity contribution in [1.29, 1.82) is 0 Å². The highest BCUT2D eigenvalue weighted by molar-refractivity contribution is 4.88. The van der Waals surface area contributed by atoms with Crippen molar-refractivity contribution in [3.8, 4) is 0 Å². The molecular weight excluding hydrogens is 144 g/mol. The lowest BCUT2D eigenvalue weighted by Crippen LogP contribution is -1.93. The molecule has 1 unspecified atom stereocenters. The molecule has 0 saturated heterocycles.